The van der Waals surface area contributed by atoms with Gasteiger partial charge in [0, 0.05) is 35.4 Å². The highest BCUT2D eigenvalue weighted by Gasteiger charge is 2.16. The van der Waals surface area contributed by atoms with E-state index in [1.807, 2.05) is 24.3 Å². The Balaban J connectivity index is 1.43. The number of ether oxygens (including phenoxy) is 1. The van der Waals surface area contributed by atoms with Crippen molar-refractivity contribution in [2.45, 2.75) is 13.1 Å². The van der Waals surface area contributed by atoms with Crippen molar-refractivity contribution in [3.05, 3.63) is 64.5 Å². The first-order valence-electron chi connectivity index (χ1n) is 9.36. The fourth-order valence-electron chi connectivity index (χ4n) is 3.39. The maximum absolute atomic E-state index is 5.87. The van der Waals surface area contributed by atoms with E-state index in [4.69, 9.17) is 9.15 Å². The van der Waals surface area contributed by atoms with Gasteiger partial charge in [-0.25, -0.2) is 0 Å². The second-order valence-corrected chi connectivity index (χ2v) is 7.83. The molecule has 2 heterocycles. The number of rotatable bonds is 6. The lowest BCUT2D eigenvalue weighted by Crippen LogP contribution is -2.37. The Kier molecular flexibility index (Phi) is 6.04. The van der Waals surface area contributed by atoms with Gasteiger partial charge in [0.25, 0.3) is 0 Å². The molecule has 0 N–H and O–H groups in total. The van der Waals surface area contributed by atoms with E-state index in [-0.39, 0.29) is 0 Å². The number of hydrogen-bond donors (Lipinski definition) is 0. The molecule has 1 saturated heterocycles. The van der Waals surface area contributed by atoms with Gasteiger partial charge in [0.1, 0.15) is 0 Å². The largest absolute Gasteiger partial charge is 0.419 e. The zero-order chi connectivity index (χ0) is 19.3. The van der Waals surface area contributed by atoms with Crippen molar-refractivity contribution in [3.8, 4) is 11.5 Å². The van der Waals surface area contributed by atoms with Crippen molar-refractivity contribution in [2.24, 2.45) is 0 Å². The topological polar surface area (TPSA) is 54.6 Å². The predicted octanol–water partition coefficient (Wildman–Crippen LogP) is 3.97. The summed E-state index contributed by atoms with van der Waals surface area (Å²) in [5, 5.41) is 8.41. The smallest absolute Gasteiger partial charge is 0.247 e. The number of para-hydroxylation sites is 1. The fourth-order valence-corrected chi connectivity index (χ4v) is 3.79. The molecule has 0 aliphatic carbocycles. The molecule has 4 rings (SSSR count). The zero-order valence-electron chi connectivity index (χ0n) is 15.8. The normalized spacial score (nSPS) is 14.6. The van der Waals surface area contributed by atoms with Gasteiger partial charge in [-0.15, -0.1) is 10.2 Å². The van der Waals surface area contributed by atoms with E-state index in [1.165, 1.54) is 11.3 Å². The first-order valence-corrected chi connectivity index (χ1v) is 10.2. The van der Waals surface area contributed by atoms with Crippen LogP contribution >= 0.6 is 15.9 Å². The van der Waals surface area contributed by atoms with Crippen LogP contribution in [0.1, 0.15) is 11.5 Å². The summed E-state index contributed by atoms with van der Waals surface area (Å²) >= 11 is 3.47. The van der Waals surface area contributed by atoms with E-state index in [0.717, 1.165) is 42.9 Å². The molecule has 0 saturated carbocycles. The predicted molar refractivity (Wildman–Crippen MR) is 112 cm³/mol. The monoisotopic (exact) mass is 442 g/mol. The molecule has 0 atom stereocenters. The third kappa shape index (κ3) is 4.60. The molecule has 6 nitrogen and oxygen atoms in total. The van der Waals surface area contributed by atoms with Crippen LogP contribution in [-0.4, -0.2) is 48.4 Å². The molecule has 1 aromatic heterocycles. The quantitative estimate of drug-likeness (QED) is 0.575. The van der Waals surface area contributed by atoms with E-state index >= 15 is 0 Å². The molecule has 2 aromatic carbocycles. The minimum atomic E-state index is 0.540. The van der Waals surface area contributed by atoms with Crippen molar-refractivity contribution in [2.75, 3.05) is 38.3 Å². The molecule has 1 aliphatic heterocycles. The molecule has 0 spiro atoms. The number of aromatic nitrogens is 2. The Labute approximate surface area is 173 Å². The third-order valence-electron chi connectivity index (χ3n) is 4.73. The lowest BCUT2D eigenvalue weighted by atomic mass is 10.1. The van der Waals surface area contributed by atoms with Crippen molar-refractivity contribution in [1.29, 1.82) is 0 Å². The van der Waals surface area contributed by atoms with Crippen LogP contribution < -0.4 is 4.90 Å². The Morgan fingerprint density at radius 3 is 2.68 bits per heavy atom. The summed E-state index contributed by atoms with van der Waals surface area (Å²) in [6, 6.07) is 16.4. The molecule has 1 fully saturated rings. The van der Waals surface area contributed by atoms with Crippen molar-refractivity contribution >= 4 is 21.6 Å². The van der Waals surface area contributed by atoms with Crippen LogP contribution in [-0.2, 0) is 17.8 Å². The molecule has 7 heteroatoms. The summed E-state index contributed by atoms with van der Waals surface area (Å²) in [5.41, 5.74) is 3.48. The molecule has 1 aliphatic rings. The van der Waals surface area contributed by atoms with Crippen molar-refractivity contribution in [1.82, 2.24) is 15.1 Å². The summed E-state index contributed by atoms with van der Waals surface area (Å²) in [6.45, 7) is 4.83. The highest BCUT2D eigenvalue weighted by Crippen LogP contribution is 2.24. The highest BCUT2D eigenvalue weighted by molar-refractivity contribution is 9.10. The molecule has 0 unspecified atom stereocenters. The second kappa shape index (κ2) is 8.86. The lowest BCUT2D eigenvalue weighted by molar-refractivity contribution is 0.122. The van der Waals surface area contributed by atoms with E-state index in [2.05, 4.69) is 67.2 Å². The molecule has 3 aromatic rings. The number of morpholine rings is 1. The molecular formula is C21H23BrN4O2. The van der Waals surface area contributed by atoms with Crippen molar-refractivity contribution in [3.63, 3.8) is 0 Å². The van der Waals surface area contributed by atoms with Crippen LogP contribution in [0, 0.1) is 0 Å². The molecule has 28 heavy (non-hydrogen) atoms. The molecule has 146 valence electrons. The van der Waals surface area contributed by atoms with E-state index in [9.17, 15) is 0 Å². The first kappa shape index (κ1) is 19.1. The SMILES string of the molecule is CN(Cc1nnc(-c2cccc(Br)c2)o1)Cc1ccccc1N1CCOCC1. The Bertz CT molecular complexity index is 924. The van der Waals surface area contributed by atoms with Gasteiger partial charge >= 0.3 is 0 Å². The zero-order valence-corrected chi connectivity index (χ0v) is 17.4. The van der Waals surface area contributed by atoms with Crippen LogP contribution in [0.25, 0.3) is 11.5 Å². The summed E-state index contributed by atoms with van der Waals surface area (Å²) in [4.78, 5) is 4.59. The van der Waals surface area contributed by atoms with E-state index in [1.54, 1.807) is 0 Å². The summed E-state index contributed by atoms with van der Waals surface area (Å²) < 4.78 is 12.3. The highest BCUT2D eigenvalue weighted by atomic mass is 79.9. The van der Waals surface area contributed by atoms with Gasteiger partial charge in [0.15, 0.2) is 0 Å². The number of halogens is 1. The third-order valence-corrected chi connectivity index (χ3v) is 5.22. The average molecular weight is 443 g/mol. The molecule has 0 radical (unpaired) electrons. The average Bonchev–Trinajstić information content (AvgIpc) is 3.17. The lowest BCUT2D eigenvalue weighted by Gasteiger charge is -2.31. The van der Waals surface area contributed by atoms with Gasteiger partial charge in [-0.05, 0) is 36.9 Å². The number of anilines is 1. The fraction of sp³-hybridized carbons (Fsp3) is 0.333. The summed E-state index contributed by atoms with van der Waals surface area (Å²) in [6.07, 6.45) is 0. The molecule has 0 bridgehead atoms. The van der Waals surface area contributed by atoms with Gasteiger partial charge in [0.05, 0.1) is 19.8 Å². The number of hydrogen-bond acceptors (Lipinski definition) is 6. The van der Waals surface area contributed by atoms with E-state index in [0.29, 0.717) is 18.3 Å². The Morgan fingerprint density at radius 2 is 1.86 bits per heavy atom. The molecular weight excluding hydrogens is 420 g/mol. The Morgan fingerprint density at radius 1 is 1.04 bits per heavy atom. The molecule has 0 amide bonds. The van der Waals surface area contributed by atoms with Crippen LogP contribution in [0.5, 0.6) is 0 Å². The van der Waals surface area contributed by atoms with Gasteiger partial charge in [-0.2, -0.15) is 0 Å². The van der Waals surface area contributed by atoms with Gasteiger partial charge < -0.3 is 14.1 Å². The van der Waals surface area contributed by atoms with Crippen LogP contribution in [0.4, 0.5) is 5.69 Å². The number of benzene rings is 2. The Hall–Kier alpha value is -2.22. The van der Waals surface area contributed by atoms with Crippen LogP contribution in [0.3, 0.4) is 0 Å². The maximum atomic E-state index is 5.87. The first-order chi connectivity index (χ1) is 13.7. The van der Waals surface area contributed by atoms with E-state index < -0.39 is 0 Å². The summed E-state index contributed by atoms with van der Waals surface area (Å²) in [5.74, 6) is 1.15. The van der Waals surface area contributed by atoms with Crippen LogP contribution in [0.15, 0.2) is 57.4 Å². The standard InChI is InChI=1S/C21H23BrN4O2/c1-25(14-17-5-2-3-8-19(17)26-9-11-27-12-10-26)15-20-23-24-21(28-20)16-6-4-7-18(22)13-16/h2-8,13H,9-12,14-15H2,1H3. The van der Waals surface area contributed by atoms with Crippen LogP contribution in [0.2, 0.25) is 0 Å². The maximum Gasteiger partial charge on any atom is 0.247 e. The van der Waals surface area contributed by atoms with Gasteiger partial charge in [-0.1, -0.05) is 40.2 Å². The van der Waals surface area contributed by atoms with Gasteiger partial charge in [0.2, 0.25) is 11.8 Å². The minimum absolute atomic E-state index is 0.540. The summed E-state index contributed by atoms with van der Waals surface area (Å²) in [7, 11) is 2.07. The minimum Gasteiger partial charge on any atom is -0.419 e. The second-order valence-electron chi connectivity index (χ2n) is 6.91. The van der Waals surface area contributed by atoms with Gasteiger partial charge in [-0.3, -0.25) is 4.90 Å². The number of nitrogens with zero attached hydrogens (tertiary/aromatic N) is 4. The van der Waals surface area contributed by atoms with Crippen molar-refractivity contribution < 1.29 is 9.15 Å².